The molecule has 0 amide bonds. The van der Waals surface area contributed by atoms with Gasteiger partial charge < -0.3 is 10.6 Å². The molecule has 1 fully saturated rings. The van der Waals surface area contributed by atoms with Crippen LogP contribution in [0.2, 0.25) is 0 Å². The molecule has 1 aromatic carbocycles. The van der Waals surface area contributed by atoms with Crippen LogP contribution in [0.25, 0.3) is 0 Å². The van der Waals surface area contributed by atoms with Crippen LogP contribution >= 0.6 is 15.9 Å². The second-order valence-electron chi connectivity index (χ2n) is 5.54. The SMILES string of the molecule is CCC(N)Cc1cc(Br)ccc1N1CCCC1CC. The first kappa shape index (κ1) is 14.9. The van der Waals surface area contributed by atoms with Crippen molar-refractivity contribution in [2.45, 2.75) is 58.0 Å². The molecule has 0 bridgehead atoms. The molecular weight excluding hydrogens is 300 g/mol. The molecule has 2 atom stereocenters. The highest BCUT2D eigenvalue weighted by Crippen LogP contribution is 2.32. The highest BCUT2D eigenvalue weighted by molar-refractivity contribution is 9.10. The number of benzene rings is 1. The average Bonchev–Trinajstić information content (AvgIpc) is 2.87. The molecule has 2 nitrogen and oxygen atoms in total. The molecule has 1 aromatic rings. The molecule has 0 aromatic heterocycles. The van der Waals surface area contributed by atoms with Gasteiger partial charge in [-0.2, -0.15) is 0 Å². The van der Waals surface area contributed by atoms with Crippen molar-refractivity contribution >= 4 is 21.6 Å². The van der Waals surface area contributed by atoms with Crippen LogP contribution in [0.4, 0.5) is 5.69 Å². The van der Waals surface area contributed by atoms with Gasteiger partial charge in [-0.3, -0.25) is 0 Å². The zero-order valence-electron chi connectivity index (χ0n) is 12.0. The number of rotatable bonds is 5. The molecule has 1 aliphatic heterocycles. The standard InChI is InChI=1S/C16H25BrN2/c1-3-14(18)11-12-10-13(17)7-8-16(12)19-9-5-6-15(19)4-2/h7-8,10,14-15H,3-6,9,11,18H2,1-2H3. The van der Waals surface area contributed by atoms with E-state index >= 15 is 0 Å². The fourth-order valence-electron chi connectivity index (χ4n) is 3.00. The quantitative estimate of drug-likeness (QED) is 0.883. The van der Waals surface area contributed by atoms with Crippen LogP contribution < -0.4 is 10.6 Å². The van der Waals surface area contributed by atoms with Gasteiger partial charge in [0.1, 0.15) is 0 Å². The molecular formula is C16H25BrN2. The average molecular weight is 325 g/mol. The van der Waals surface area contributed by atoms with Crippen molar-refractivity contribution in [3.8, 4) is 0 Å². The Labute approximate surface area is 125 Å². The summed E-state index contributed by atoms with van der Waals surface area (Å²) in [5.41, 5.74) is 8.95. The second kappa shape index (κ2) is 6.76. The maximum atomic E-state index is 6.16. The van der Waals surface area contributed by atoms with Gasteiger partial charge in [-0.1, -0.05) is 29.8 Å². The maximum absolute atomic E-state index is 6.16. The van der Waals surface area contributed by atoms with E-state index < -0.39 is 0 Å². The molecule has 0 radical (unpaired) electrons. The van der Waals surface area contributed by atoms with E-state index in [0.29, 0.717) is 6.04 Å². The molecule has 3 heteroatoms. The maximum Gasteiger partial charge on any atom is 0.0402 e. The van der Waals surface area contributed by atoms with Crippen molar-refractivity contribution in [3.63, 3.8) is 0 Å². The van der Waals surface area contributed by atoms with Gasteiger partial charge >= 0.3 is 0 Å². The van der Waals surface area contributed by atoms with Crippen molar-refractivity contribution in [2.24, 2.45) is 5.73 Å². The number of nitrogens with two attached hydrogens (primary N) is 1. The summed E-state index contributed by atoms with van der Waals surface area (Å²) in [7, 11) is 0. The minimum atomic E-state index is 0.260. The predicted molar refractivity (Wildman–Crippen MR) is 86.8 cm³/mol. The molecule has 2 unspecified atom stereocenters. The number of hydrogen-bond donors (Lipinski definition) is 1. The number of nitrogens with zero attached hydrogens (tertiary/aromatic N) is 1. The minimum Gasteiger partial charge on any atom is -0.368 e. The zero-order chi connectivity index (χ0) is 13.8. The van der Waals surface area contributed by atoms with E-state index in [9.17, 15) is 0 Å². The first-order chi connectivity index (χ1) is 9.15. The highest BCUT2D eigenvalue weighted by Gasteiger charge is 2.25. The molecule has 19 heavy (non-hydrogen) atoms. The Hall–Kier alpha value is -0.540. The van der Waals surface area contributed by atoms with Gasteiger partial charge in [-0.05, 0) is 55.9 Å². The smallest absolute Gasteiger partial charge is 0.0402 e. The molecule has 1 aliphatic rings. The Morgan fingerprint density at radius 2 is 2.21 bits per heavy atom. The first-order valence-electron chi connectivity index (χ1n) is 7.46. The lowest BCUT2D eigenvalue weighted by Gasteiger charge is -2.29. The largest absolute Gasteiger partial charge is 0.368 e. The Balaban J connectivity index is 2.28. The van der Waals surface area contributed by atoms with E-state index in [4.69, 9.17) is 5.73 Å². The van der Waals surface area contributed by atoms with Crippen LogP contribution in [-0.4, -0.2) is 18.6 Å². The van der Waals surface area contributed by atoms with Gasteiger partial charge in [0.05, 0.1) is 0 Å². The van der Waals surface area contributed by atoms with Crippen molar-refractivity contribution in [2.75, 3.05) is 11.4 Å². The first-order valence-corrected chi connectivity index (χ1v) is 8.25. The van der Waals surface area contributed by atoms with E-state index in [1.165, 1.54) is 37.1 Å². The monoisotopic (exact) mass is 324 g/mol. The summed E-state index contributed by atoms with van der Waals surface area (Å²) in [5.74, 6) is 0. The lowest BCUT2D eigenvalue weighted by Crippen LogP contribution is -2.30. The van der Waals surface area contributed by atoms with Crippen LogP contribution in [0.3, 0.4) is 0 Å². The van der Waals surface area contributed by atoms with E-state index in [2.05, 4.69) is 52.9 Å². The molecule has 2 N–H and O–H groups in total. The van der Waals surface area contributed by atoms with Gasteiger partial charge in [-0.25, -0.2) is 0 Å². The minimum absolute atomic E-state index is 0.260. The van der Waals surface area contributed by atoms with E-state index in [1.54, 1.807) is 0 Å². The molecule has 0 saturated carbocycles. The lowest BCUT2D eigenvalue weighted by molar-refractivity contribution is 0.628. The lowest BCUT2D eigenvalue weighted by atomic mass is 10.0. The summed E-state index contributed by atoms with van der Waals surface area (Å²) in [6.45, 7) is 5.64. The number of halogens is 1. The molecule has 1 heterocycles. The van der Waals surface area contributed by atoms with Crippen LogP contribution in [0.15, 0.2) is 22.7 Å². The zero-order valence-corrected chi connectivity index (χ0v) is 13.6. The highest BCUT2D eigenvalue weighted by atomic mass is 79.9. The molecule has 1 saturated heterocycles. The number of hydrogen-bond acceptors (Lipinski definition) is 2. The third-order valence-corrected chi connectivity index (χ3v) is 4.70. The van der Waals surface area contributed by atoms with Crippen molar-refractivity contribution in [1.29, 1.82) is 0 Å². The predicted octanol–water partition coefficient (Wildman–Crippen LogP) is 4.11. The summed E-state index contributed by atoms with van der Waals surface area (Å²) in [6, 6.07) is 7.63. The van der Waals surface area contributed by atoms with E-state index in [1.807, 2.05) is 0 Å². The van der Waals surface area contributed by atoms with Gasteiger partial charge in [0.25, 0.3) is 0 Å². The van der Waals surface area contributed by atoms with Crippen LogP contribution in [-0.2, 0) is 6.42 Å². The summed E-state index contributed by atoms with van der Waals surface area (Å²) in [4.78, 5) is 2.59. The Morgan fingerprint density at radius 1 is 1.42 bits per heavy atom. The normalized spacial score (nSPS) is 20.8. The fourth-order valence-corrected chi connectivity index (χ4v) is 3.41. The fraction of sp³-hybridized carbons (Fsp3) is 0.625. The summed E-state index contributed by atoms with van der Waals surface area (Å²) in [5, 5.41) is 0. The molecule has 2 rings (SSSR count). The molecule has 106 valence electrons. The Kier molecular flexibility index (Phi) is 5.28. The van der Waals surface area contributed by atoms with Crippen LogP contribution in [0, 0.1) is 0 Å². The van der Waals surface area contributed by atoms with Gasteiger partial charge in [0.2, 0.25) is 0 Å². The van der Waals surface area contributed by atoms with Crippen molar-refractivity contribution < 1.29 is 0 Å². The number of anilines is 1. The van der Waals surface area contributed by atoms with Gasteiger partial charge in [0, 0.05) is 28.8 Å². The summed E-state index contributed by atoms with van der Waals surface area (Å²) < 4.78 is 1.15. The third-order valence-electron chi connectivity index (χ3n) is 4.21. The van der Waals surface area contributed by atoms with Gasteiger partial charge in [0.15, 0.2) is 0 Å². The summed E-state index contributed by atoms with van der Waals surface area (Å²) >= 11 is 3.59. The van der Waals surface area contributed by atoms with Crippen molar-refractivity contribution in [1.82, 2.24) is 0 Å². The van der Waals surface area contributed by atoms with E-state index in [-0.39, 0.29) is 6.04 Å². The van der Waals surface area contributed by atoms with Crippen LogP contribution in [0.1, 0.15) is 45.1 Å². The van der Waals surface area contributed by atoms with Crippen molar-refractivity contribution in [3.05, 3.63) is 28.2 Å². The Bertz CT molecular complexity index is 419. The second-order valence-corrected chi connectivity index (χ2v) is 6.46. The molecule has 0 aliphatic carbocycles. The third kappa shape index (κ3) is 3.51. The van der Waals surface area contributed by atoms with Crippen LogP contribution in [0.5, 0.6) is 0 Å². The van der Waals surface area contributed by atoms with Gasteiger partial charge in [-0.15, -0.1) is 0 Å². The van der Waals surface area contributed by atoms with E-state index in [0.717, 1.165) is 17.3 Å². The molecule has 0 spiro atoms. The Morgan fingerprint density at radius 3 is 2.89 bits per heavy atom. The summed E-state index contributed by atoms with van der Waals surface area (Å²) in [6.07, 6.45) is 5.87. The topological polar surface area (TPSA) is 29.3 Å².